The van der Waals surface area contributed by atoms with Crippen LogP contribution in [-0.4, -0.2) is 40.3 Å². The Kier molecular flexibility index (Phi) is 4.89. The average Bonchev–Trinajstić information content (AvgIpc) is 2.25. The third-order valence-electron chi connectivity index (χ3n) is 3.18. The second-order valence-corrected chi connectivity index (χ2v) is 4.74. The van der Waals surface area contributed by atoms with Crippen LogP contribution in [0.15, 0.2) is 0 Å². The molecule has 5 N–H and O–H groups in total. The number of nitrogens with one attached hydrogen (secondary N) is 1. The maximum absolute atomic E-state index is 11.6. The number of hydrogen-bond donors (Lipinski definition) is 4. The van der Waals surface area contributed by atoms with E-state index in [-0.39, 0.29) is 6.42 Å². The number of carboxylic acids is 1. The highest BCUT2D eigenvalue weighted by molar-refractivity contribution is 5.84. The van der Waals surface area contributed by atoms with Crippen molar-refractivity contribution < 1.29 is 19.8 Å². The lowest BCUT2D eigenvalue weighted by atomic mass is 9.80. The van der Waals surface area contributed by atoms with Gasteiger partial charge in [0.1, 0.15) is 6.04 Å². The van der Waals surface area contributed by atoms with E-state index in [9.17, 15) is 9.59 Å². The zero-order chi connectivity index (χ0) is 12.9. The van der Waals surface area contributed by atoms with E-state index in [1.54, 1.807) is 0 Å². The van der Waals surface area contributed by atoms with Gasteiger partial charge in [0.05, 0.1) is 6.61 Å². The summed E-state index contributed by atoms with van der Waals surface area (Å²) in [6.45, 7) is -0.612. The lowest BCUT2D eigenvalue weighted by molar-refractivity contribution is -0.143. The molecule has 0 unspecified atom stereocenters. The minimum atomic E-state index is -1.24. The number of rotatable bonds is 5. The molecule has 1 rings (SSSR count). The molecule has 0 saturated heterocycles. The van der Waals surface area contributed by atoms with Crippen molar-refractivity contribution >= 4 is 11.9 Å². The van der Waals surface area contributed by atoms with Crippen molar-refractivity contribution in [3.05, 3.63) is 0 Å². The minimum Gasteiger partial charge on any atom is -0.480 e. The van der Waals surface area contributed by atoms with Gasteiger partial charge in [0.15, 0.2) is 0 Å². The lowest BCUT2D eigenvalue weighted by Crippen LogP contribution is -2.50. The molecular formula is C11H20N2O4. The van der Waals surface area contributed by atoms with Crippen LogP contribution in [0.3, 0.4) is 0 Å². The van der Waals surface area contributed by atoms with E-state index in [0.717, 1.165) is 32.1 Å². The Morgan fingerprint density at radius 3 is 2.35 bits per heavy atom. The monoisotopic (exact) mass is 244 g/mol. The molecular weight excluding hydrogens is 224 g/mol. The Morgan fingerprint density at radius 2 is 1.88 bits per heavy atom. The summed E-state index contributed by atoms with van der Waals surface area (Å²) >= 11 is 0. The third kappa shape index (κ3) is 4.32. The number of aliphatic carboxylic acids is 1. The molecule has 1 atom stereocenters. The molecule has 17 heavy (non-hydrogen) atoms. The summed E-state index contributed by atoms with van der Waals surface area (Å²) in [6, 6.07) is -1.24. The van der Waals surface area contributed by atoms with E-state index in [4.69, 9.17) is 15.9 Å². The highest BCUT2D eigenvalue weighted by atomic mass is 16.4. The SMILES string of the molecule is NC1(CC(=O)N[C@H](CO)C(=O)O)CCCCC1. The molecule has 0 aromatic heterocycles. The number of aliphatic hydroxyl groups excluding tert-OH is 1. The van der Waals surface area contributed by atoms with Crippen molar-refractivity contribution in [2.24, 2.45) is 5.73 Å². The van der Waals surface area contributed by atoms with Gasteiger partial charge in [-0.15, -0.1) is 0 Å². The van der Waals surface area contributed by atoms with Gasteiger partial charge in [-0.2, -0.15) is 0 Å². The fourth-order valence-corrected chi connectivity index (χ4v) is 2.18. The van der Waals surface area contributed by atoms with Gasteiger partial charge in [-0.25, -0.2) is 4.79 Å². The summed E-state index contributed by atoms with van der Waals surface area (Å²) in [5.74, 6) is -1.65. The molecule has 0 spiro atoms. The van der Waals surface area contributed by atoms with E-state index in [1.807, 2.05) is 0 Å². The molecule has 1 aliphatic rings. The summed E-state index contributed by atoms with van der Waals surface area (Å²) in [5.41, 5.74) is 5.57. The zero-order valence-electron chi connectivity index (χ0n) is 9.82. The first kappa shape index (κ1) is 13.9. The molecule has 98 valence electrons. The van der Waals surface area contributed by atoms with Gasteiger partial charge >= 0.3 is 5.97 Å². The maximum atomic E-state index is 11.6. The Hall–Kier alpha value is -1.14. The van der Waals surface area contributed by atoms with Gasteiger partial charge in [0, 0.05) is 12.0 Å². The number of hydrogen-bond acceptors (Lipinski definition) is 4. The first-order valence-electron chi connectivity index (χ1n) is 5.89. The molecule has 0 aliphatic heterocycles. The average molecular weight is 244 g/mol. The number of carbonyl (C=O) groups is 2. The van der Waals surface area contributed by atoms with Crippen LogP contribution in [0, 0.1) is 0 Å². The maximum Gasteiger partial charge on any atom is 0.328 e. The first-order chi connectivity index (χ1) is 7.97. The normalized spacial score (nSPS) is 20.6. The van der Waals surface area contributed by atoms with Gasteiger partial charge < -0.3 is 21.3 Å². The van der Waals surface area contributed by atoms with Gasteiger partial charge in [-0.05, 0) is 12.8 Å². The smallest absolute Gasteiger partial charge is 0.328 e. The van der Waals surface area contributed by atoms with Crippen LogP contribution in [0.5, 0.6) is 0 Å². The molecule has 1 amide bonds. The number of carbonyl (C=O) groups excluding carboxylic acids is 1. The molecule has 0 radical (unpaired) electrons. The number of carboxylic acid groups (broad SMARTS) is 1. The molecule has 0 heterocycles. The summed E-state index contributed by atoms with van der Waals surface area (Å²) < 4.78 is 0. The van der Waals surface area contributed by atoms with Crippen molar-refractivity contribution in [3.63, 3.8) is 0 Å². The standard InChI is InChI=1S/C11H20N2O4/c12-11(4-2-1-3-5-11)6-9(15)13-8(7-14)10(16)17/h8,14H,1-7,12H2,(H,13,15)(H,16,17)/t8-/m1/s1. The predicted molar refractivity (Wildman–Crippen MR) is 61.3 cm³/mol. The molecule has 6 heteroatoms. The van der Waals surface area contributed by atoms with Crippen LogP contribution in [0.25, 0.3) is 0 Å². The Labute approximate surface area is 100 Å². The van der Waals surface area contributed by atoms with Crippen LogP contribution in [0.4, 0.5) is 0 Å². The highest BCUT2D eigenvalue weighted by Crippen LogP contribution is 2.28. The van der Waals surface area contributed by atoms with Gasteiger partial charge in [0.25, 0.3) is 0 Å². The van der Waals surface area contributed by atoms with Crippen molar-refractivity contribution in [2.75, 3.05) is 6.61 Å². The summed E-state index contributed by atoms with van der Waals surface area (Å²) in [7, 11) is 0. The molecule has 0 aromatic carbocycles. The first-order valence-corrected chi connectivity index (χ1v) is 5.89. The Bertz CT molecular complexity index is 287. The van der Waals surface area contributed by atoms with Crippen LogP contribution in [-0.2, 0) is 9.59 Å². The van der Waals surface area contributed by atoms with Crippen LogP contribution >= 0.6 is 0 Å². The van der Waals surface area contributed by atoms with E-state index in [2.05, 4.69) is 5.32 Å². The molecule has 0 bridgehead atoms. The van der Waals surface area contributed by atoms with E-state index in [1.165, 1.54) is 0 Å². The molecule has 6 nitrogen and oxygen atoms in total. The highest BCUT2D eigenvalue weighted by Gasteiger charge is 2.31. The summed E-state index contributed by atoms with van der Waals surface area (Å²) in [4.78, 5) is 22.3. The number of aliphatic hydroxyl groups is 1. The fraction of sp³-hybridized carbons (Fsp3) is 0.818. The van der Waals surface area contributed by atoms with Crippen LogP contribution in [0.1, 0.15) is 38.5 Å². The number of nitrogens with two attached hydrogens (primary N) is 1. The quantitative estimate of drug-likeness (QED) is 0.525. The Morgan fingerprint density at radius 1 is 1.29 bits per heavy atom. The fourth-order valence-electron chi connectivity index (χ4n) is 2.18. The van der Waals surface area contributed by atoms with Gasteiger partial charge in [-0.1, -0.05) is 19.3 Å². The summed E-state index contributed by atoms with van der Waals surface area (Å²) in [5, 5.41) is 19.7. The largest absolute Gasteiger partial charge is 0.480 e. The summed E-state index contributed by atoms with van der Waals surface area (Å²) in [6.07, 6.45) is 4.85. The zero-order valence-corrected chi connectivity index (χ0v) is 9.82. The van der Waals surface area contributed by atoms with Gasteiger partial charge in [0.2, 0.25) is 5.91 Å². The van der Waals surface area contributed by atoms with Crippen molar-refractivity contribution in [2.45, 2.75) is 50.1 Å². The molecule has 1 aliphatic carbocycles. The van der Waals surface area contributed by atoms with E-state index >= 15 is 0 Å². The van der Waals surface area contributed by atoms with Gasteiger partial charge in [-0.3, -0.25) is 4.79 Å². The molecule has 1 saturated carbocycles. The number of amides is 1. The van der Waals surface area contributed by atoms with Crippen molar-refractivity contribution in [1.29, 1.82) is 0 Å². The Balaban J connectivity index is 2.45. The van der Waals surface area contributed by atoms with Crippen molar-refractivity contribution in [1.82, 2.24) is 5.32 Å². The molecule has 0 aromatic rings. The van der Waals surface area contributed by atoms with E-state index < -0.39 is 30.1 Å². The van der Waals surface area contributed by atoms with Crippen LogP contribution in [0.2, 0.25) is 0 Å². The van der Waals surface area contributed by atoms with Crippen molar-refractivity contribution in [3.8, 4) is 0 Å². The van der Waals surface area contributed by atoms with E-state index in [0.29, 0.717) is 0 Å². The lowest BCUT2D eigenvalue weighted by Gasteiger charge is -2.33. The predicted octanol–water partition coefficient (Wildman–Crippen LogP) is -0.400. The second-order valence-electron chi connectivity index (χ2n) is 4.74. The van der Waals surface area contributed by atoms with Crippen LogP contribution < -0.4 is 11.1 Å². The minimum absolute atomic E-state index is 0.122. The topological polar surface area (TPSA) is 113 Å². The second kappa shape index (κ2) is 5.97. The third-order valence-corrected chi connectivity index (χ3v) is 3.18. The molecule has 1 fully saturated rings.